The molecule has 1 unspecified atom stereocenters. The van der Waals surface area contributed by atoms with Crippen LogP contribution in [0.1, 0.15) is 6.92 Å². The summed E-state index contributed by atoms with van der Waals surface area (Å²) >= 11 is 0. The topological polar surface area (TPSA) is 111 Å². The summed E-state index contributed by atoms with van der Waals surface area (Å²) < 4.78 is 45.3. The molecule has 1 aromatic heterocycles. The van der Waals surface area contributed by atoms with E-state index in [-0.39, 0.29) is 23.4 Å². The molecule has 0 radical (unpaired) electrons. The van der Waals surface area contributed by atoms with Gasteiger partial charge in [0, 0.05) is 18.8 Å². The number of nitrogens with zero attached hydrogens (tertiary/aromatic N) is 3. The van der Waals surface area contributed by atoms with Gasteiger partial charge in [0.05, 0.1) is 11.5 Å². The normalized spacial score (nSPS) is 12.3. The minimum Gasteiger partial charge on any atom is -0.406 e. The van der Waals surface area contributed by atoms with Crippen LogP contribution in [-0.2, 0) is 4.74 Å². The largest absolute Gasteiger partial charge is 0.573 e. The highest BCUT2D eigenvalue weighted by molar-refractivity contribution is 5.74. The number of aromatic nitrogens is 2. The second-order valence-corrected chi connectivity index (χ2v) is 5.37. The predicted octanol–water partition coefficient (Wildman–Crippen LogP) is 3.47. The number of rotatable bonds is 8. The van der Waals surface area contributed by atoms with Crippen LogP contribution in [0.5, 0.6) is 5.75 Å². The SMILES string of the molecule is COCC(C)Nc1ncnc(Nc2ccc(OC(F)(F)F)cc2)c1[N+](=O)[O-]. The fraction of sp³-hybridized carbons (Fsp3) is 0.333. The molecular weight excluding hydrogens is 371 g/mol. The maximum Gasteiger partial charge on any atom is 0.573 e. The molecule has 0 amide bonds. The van der Waals surface area contributed by atoms with Gasteiger partial charge in [0.2, 0.25) is 11.6 Å². The first kappa shape index (κ1) is 20.2. The lowest BCUT2D eigenvalue weighted by Gasteiger charge is -2.14. The summed E-state index contributed by atoms with van der Waals surface area (Å²) in [5, 5.41) is 17.0. The van der Waals surface area contributed by atoms with Gasteiger partial charge in [0.15, 0.2) is 0 Å². The Morgan fingerprint density at radius 3 is 2.41 bits per heavy atom. The third kappa shape index (κ3) is 5.95. The van der Waals surface area contributed by atoms with Gasteiger partial charge in [-0.3, -0.25) is 10.1 Å². The summed E-state index contributed by atoms with van der Waals surface area (Å²) in [7, 11) is 1.49. The highest BCUT2D eigenvalue weighted by Gasteiger charge is 2.31. The minimum atomic E-state index is -4.81. The monoisotopic (exact) mass is 387 g/mol. The Balaban J connectivity index is 2.24. The summed E-state index contributed by atoms with van der Waals surface area (Å²) in [5.41, 5.74) is -0.127. The fourth-order valence-electron chi connectivity index (χ4n) is 2.15. The van der Waals surface area contributed by atoms with E-state index in [0.717, 1.165) is 18.5 Å². The minimum absolute atomic E-state index is 0.0147. The van der Waals surface area contributed by atoms with Crippen LogP contribution in [0.2, 0.25) is 0 Å². The second-order valence-electron chi connectivity index (χ2n) is 5.37. The Hall–Kier alpha value is -3.15. The van der Waals surface area contributed by atoms with Gasteiger partial charge in [-0.2, -0.15) is 0 Å². The first-order valence-corrected chi connectivity index (χ1v) is 7.57. The predicted molar refractivity (Wildman–Crippen MR) is 90.1 cm³/mol. The number of hydrogen-bond donors (Lipinski definition) is 2. The van der Waals surface area contributed by atoms with Crippen molar-refractivity contribution >= 4 is 23.0 Å². The van der Waals surface area contributed by atoms with Crippen molar-refractivity contribution in [3.8, 4) is 5.75 Å². The average Bonchev–Trinajstić information content (AvgIpc) is 2.55. The van der Waals surface area contributed by atoms with Crippen molar-refractivity contribution in [2.45, 2.75) is 19.3 Å². The molecule has 0 bridgehead atoms. The van der Waals surface area contributed by atoms with E-state index < -0.39 is 22.7 Å². The van der Waals surface area contributed by atoms with Crippen LogP contribution in [0.15, 0.2) is 30.6 Å². The number of halogens is 3. The molecule has 0 aliphatic heterocycles. The number of ether oxygens (including phenoxy) is 2. The molecule has 146 valence electrons. The maximum atomic E-state index is 12.2. The van der Waals surface area contributed by atoms with Gasteiger partial charge >= 0.3 is 12.0 Å². The van der Waals surface area contributed by atoms with Gasteiger partial charge in [-0.1, -0.05) is 0 Å². The van der Waals surface area contributed by atoms with Gasteiger partial charge in [0.1, 0.15) is 12.1 Å². The van der Waals surface area contributed by atoms with Gasteiger partial charge in [-0.25, -0.2) is 9.97 Å². The average molecular weight is 387 g/mol. The maximum absolute atomic E-state index is 12.2. The molecule has 12 heteroatoms. The second kappa shape index (κ2) is 8.49. The Bertz CT molecular complexity index is 786. The molecule has 0 spiro atoms. The lowest BCUT2D eigenvalue weighted by atomic mass is 10.3. The van der Waals surface area contributed by atoms with Crippen LogP contribution in [0.25, 0.3) is 0 Å². The lowest BCUT2D eigenvalue weighted by Crippen LogP contribution is -2.22. The molecule has 1 heterocycles. The Morgan fingerprint density at radius 1 is 1.22 bits per heavy atom. The van der Waals surface area contributed by atoms with Crippen LogP contribution < -0.4 is 15.4 Å². The summed E-state index contributed by atoms with van der Waals surface area (Å²) in [4.78, 5) is 18.5. The van der Waals surface area contributed by atoms with E-state index in [1.807, 2.05) is 0 Å². The van der Waals surface area contributed by atoms with Crippen molar-refractivity contribution in [3.63, 3.8) is 0 Å². The van der Waals surface area contributed by atoms with E-state index in [2.05, 4.69) is 25.3 Å². The highest BCUT2D eigenvalue weighted by Crippen LogP contribution is 2.32. The van der Waals surface area contributed by atoms with Gasteiger partial charge in [0.25, 0.3) is 0 Å². The van der Waals surface area contributed by atoms with Gasteiger partial charge in [-0.15, -0.1) is 13.2 Å². The summed E-state index contributed by atoms with van der Waals surface area (Å²) in [6, 6.07) is 4.43. The number of benzene rings is 1. The molecule has 0 aliphatic rings. The standard InChI is InChI=1S/C15H16F3N5O4/c1-9(7-26-2)21-13-12(23(24)25)14(20-8-19-13)22-10-3-5-11(6-4-10)27-15(16,17)18/h3-6,8-9H,7H2,1-2H3,(H2,19,20,21,22). The van der Waals surface area contributed by atoms with Crippen molar-refractivity contribution in [2.75, 3.05) is 24.4 Å². The van der Waals surface area contributed by atoms with Gasteiger partial charge in [-0.05, 0) is 31.2 Å². The molecule has 9 nitrogen and oxygen atoms in total. The molecule has 0 fully saturated rings. The highest BCUT2D eigenvalue weighted by atomic mass is 19.4. The fourth-order valence-corrected chi connectivity index (χ4v) is 2.15. The molecule has 1 atom stereocenters. The zero-order chi connectivity index (χ0) is 20.0. The van der Waals surface area contributed by atoms with E-state index in [4.69, 9.17) is 4.74 Å². The number of anilines is 3. The smallest absolute Gasteiger partial charge is 0.406 e. The van der Waals surface area contributed by atoms with Crippen molar-refractivity contribution in [1.82, 2.24) is 9.97 Å². The molecule has 0 saturated carbocycles. The molecule has 0 saturated heterocycles. The zero-order valence-corrected chi connectivity index (χ0v) is 14.3. The van der Waals surface area contributed by atoms with E-state index in [1.165, 1.54) is 19.2 Å². The van der Waals surface area contributed by atoms with E-state index in [1.54, 1.807) is 6.92 Å². The van der Waals surface area contributed by atoms with Crippen molar-refractivity contribution in [2.24, 2.45) is 0 Å². The number of alkyl halides is 3. The quantitative estimate of drug-likeness (QED) is 0.523. The van der Waals surface area contributed by atoms with Crippen molar-refractivity contribution < 1.29 is 27.6 Å². The summed E-state index contributed by atoms with van der Waals surface area (Å²) in [5.74, 6) is -0.549. The van der Waals surface area contributed by atoms with Crippen LogP contribution in [0, 0.1) is 10.1 Å². The summed E-state index contributed by atoms with van der Waals surface area (Å²) in [6.07, 6.45) is -3.68. The van der Waals surface area contributed by atoms with E-state index in [9.17, 15) is 23.3 Å². The molecule has 1 aromatic carbocycles. The number of hydrogen-bond acceptors (Lipinski definition) is 8. The number of nitrogens with one attached hydrogen (secondary N) is 2. The first-order valence-electron chi connectivity index (χ1n) is 7.57. The van der Waals surface area contributed by atoms with E-state index in [0.29, 0.717) is 6.61 Å². The molecule has 2 rings (SSSR count). The first-order chi connectivity index (χ1) is 12.7. The molecule has 2 aromatic rings. The Labute approximate surface area is 151 Å². The van der Waals surface area contributed by atoms with Crippen molar-refractivity contribution in [1.29, 1.82) is 0 Å². The molecule has 2 N–H and O–H groups in total. The molecule has 27 heavy (non-hydrogen) atoms. The molecule has 0 aliphatic carbocycles. The van der Waals surface area contributed by atoms with Crippen LogP contribution in [0.4, 0.5) is 36.2 Å². The molecular formula is C15H16F3N5O4. The van der Waals surface area contributed by atoms with Crippen LogP contribution in [0.3, 0.4) is 0 Å². The van der Waals surface area contributed by atoms with Crippen molar-refractivity contribution in [3.05, 3.63) is 40.7 Å². The summed E-state index contributed by atoms with van der Waals surface area (Å²) in [6.45, 7) is 2.05. The third-order valence-corrected chi connectivity index (χ3v) is 3.16. The van der Waals surface area contributed by atoms with Crippen LogP contribution >= 0.6 is 0 Å². The number of methoxy groups -OCH3 is 1. The Morgan fingerprint density at radius 2 is 1.85 bits per heavy atom. The Kier molecular flexibility index (Phi) is 6.34. The van der Waals surface area contributed by atoms with Gasteiger partial charge < -0.3 is 20.1 Å². The number of nitro groups is 1. The van der Waals surface area contributed by atoms with E-state index >= 15 is 0 Å². The zero-order valence-electron chi connectivity index (χ0n) is 14.3. The third-order valence-electron chi connectivity index (χ3n) is 3.16. The lowest BCUT2D eigenvalue weighted by molar-refractivity contribution is -0.383. The van der Waals surface area contributed by atoms with Crippen LogP contribution in [-0.4, -0.2) is 41.0 Å².